The molecular formula is C15H20N2S. The zero-order valence-corrected chi connectivity index (χ0v) is 12.0. The number of hydrogen-bond acceptors (Lipinski definition) is 3. The van der Waals surface area contributed by atoms with Crippen molar-refractivity contribution in [2.24, 2.45) is 0 Å². The summed E-state index contributed by atoms with van der Waals surface area (Å²) in [5.74, 6) is 0. The van der Waals surface area contributed by atoms with Gasteiger partial charge < -0.3 is 11.1 Å². The van der Waals surface area contributed by atoms with Crippen LogP contribution in [-0.4, -0.2) is 0 Å². The average Bonchev–Trinajstić information content (AvgIpc) is 2.72. The topological polar surface area (TPSA) is 38.0 Å². The highest BCUT2D eigenvalue weighted by Crippen LogP contribution is 2.24. The lowest BCUT2D eigenvalue weighted by atomic mass is 9.87. The third-order valence-corrected chi connectivity index (χ3v) is 3.92. The van der Waals surface area contributed by atoms with E-state index in [1.807, 2.05) is 11.4 Å². The molecule has 0 atom stereocenters. The molecule has 0 radical (unpaired) electrons. The Labute approximate surface area is 113 Å². The van der Waals surface area contributed by atoms with Crippen LogP contribution in [0.2, 0.25) is 0 Å². The standard InChI is InChI=1S/C15H20N2S/c1-15(2,3)11-4-6-12(7-5-11)17-10-14-13(16)8-9-18-14/h4-9,17H,10,16H2,1-3H3. The predicted octanol–water partition coefficient (Wildman–Crippen LogP) is 4.24. The summed E-state index contributed by atoms with van der Waals surface area (Å²) in [4.78, 5) is 1.19. The molecule has 0 spiro atoms. The Morgan fingerprint density at radius 3 is 2.28 bits per heavy atom. The van der Waals surface area contributed by atoms with Crippen LogP contribution in [0.3, 0.4) is 0 Å². The van der Waals surface area contributed by atoms with Crippen LogP contribution in [-0.2, 0) is 12.0 Å². The van der Waals surface area contributed by atoms with Gasteiger partial charge >= 0.3 is 0 Å². The number of thiophene rings is 1. The van der Waals surface area contributed by atoms with Crippen LogP contribution < -0.4 is 11.1 Å². The van der Waals surface area contributed by atoms with E-state index in [0.29, 0.717) is 0 Å². The monoisotopic (exact) mass is 260 g/mol. The van der Waals surface area contributed by atoms with E-state index in [4.69, 9.17) is 5.73 Å². The van der Waals surface area contributed by atoms with Crippen molar-refractivity contribution >= 4 is 22.7 Å². The fraction of sp³-hybridized carbons (Fsp3) is 0.333. The Morgan fingerprint density at radius 1 is 1.11 bits per heavy atom. The van der Waals surface area contributed by atoms with Crippen LogP contribution >= 0.6 is 11.3 Å². The summed E-state index contributed by atoms with van der Waals surface area (Å²) in [5, 5.41) is 5.42. The van der Waals surface area contributed by atoms with Crippen molar-refractivity contribution in [1.82, 2.24) is 0 Å². The molecular weight excluding hydrogens is 240 g/mol. The molecule has 1 aromatic heterocycles. The smallest absolute Gasteiger partial charge is 0.0514 e. The third-order valence-electron chi connectivity index (χ3n) is 2.98. The Hall–Kier alpha value is -1.48. The molecule has 0 unspecified atom stereocenters. The van der Waals surface area contributed by atoms with Crippen molar-refractivity contribution in [3.63, 3.8) is 0 Å². The van der Waals surface area contributed by atoms with Crippen molar-refractivity contribution in [3.8, 4) is 0 Å². The number of nitrogens with two attached hydrogens (primary N) is 1. The summed E-state index contributed by atoms with van der Waals surface area (Å²) in [6.07, 6.45) is 0. The number of anilines is 2. The summed E-state index contributed by atoms with van der Waals surface area (Å²) < 4.78 is 0. The number of hydrogen-bond donors (Lipinski definition) is 2. The molecule has 0 fully saturated rings. The van der Waals surface area contributed by atoms with Crippen molar-refractivity contribution in [2.45, 2.75) is 32.7 Å². The van der Waals surface area contributed by atoms with Crippen LogP contribution in [0.5, 0.6) is 0 Å². The summed E-state index contributed by atoms with van der Waals surface area (Å²) in [7, 11) is 0. The molecule has 2 rings (SSSR count). The highest BCUT2D eigenvalue weighted by atomic mass is 32.1. The van der Waals surface area contributed by atoms with Crippen molar-refractivity contribution < 1.29 is 0 Å². The number of nitrogens with one attached hydrogen (secondary N) is 1. The SMILES string of the molecule is CC(C)(C)c1ccc(NCc2sccc2N)cc1. The zero-order valence-electron chi connectivity index (χ0n) is 11.2. The molecule has 0 bridgehead atoms. The first-order valence-corrected chi connectivity index (χ1v) is 7.01. The zero-order chi connectivity index (χ0) is 13.2. The van der Waals surface area contributed by atoms with E-state index >= 15 is 0 Å². The fourth-order valence-corrected chi connectivity index (χ4v) is 2.50. The van der Waals surface area contributed by atoms with E-state index in [0.717, 1.165) is 17.9 Å². The first-order chi connectivity index (χ1) is 8.47. The second kappa shape index (κ2) is 5.02. The van der Waals surface area contributed by atoms with Crippen LogP contribution in [0.1, 0.15) is 31.2 Å². The molecule has 0 amide bonds. The van der Waals surface area contributed by atoms with Gasteiger partial charge in [0, 0.05) is 16.3 Å². The van der Waals surface area contributed by atoms with Gasteiger partial charge in [0.2, 0.25) is 0 Å². The van der Waals surface area contributed by atoms with Gasteiger partial charge in [0.05, 0.1) is 6.54 Å². The number of rotatable bonds is 3. The lowest BCUT2D eigenvalue weighted by Crippen LogP contribution is -2.10. The molecule has 2 nitrogen and oxygen atoms in total. The normalized spacial score (nSPS) is 11.5. The second-order valence-corrected chi connectivity index (χ2v) is 6.48. The maximum atomic E-state index is 5.86. The van der Waals surface area contributed by atoms with E-state index in [1.165, 1.54) is 10.4 Å². The van der Waals surface area contributed by atoms with Crippen molar-refractivity contribution in [2.75, 3.05) is 11.1 Å². The Kier molecular flexibility index (Phi) is 3.62. The van der Waals surface area contributed by atoms with E-state index in [2.05, 4.69) is 50.4 Å². The molecule has 0 saturated carbocycles. The minimum atomic E-state index is 0.205. The predicted molar refractivity (Wildman–Crippen MR) is 81.2 cm³/mol. The van der Waals surface area contributed by atoms with E-state index in [1.54, 1.807) is 11.3 Å². The lowest BCUT2D eigenvalue weighted by molar-refractivity contribution is 0.590. The quantitative estimate of drug-likeness (QED) is 0.866. The van der Waals surface area contributed by atoms with Crippen molar-refractivity contribution in [1.29, 1.82) is 0 Å². The Bertz CT molecular complexity index is 506. The molecule has 2 aromatic rings. The number of benzene rings is 1. The van der Waals surface area contributed by atoms with Gasteiger partial charge in [-0.05, 0) is 34.6 Å². The molecule has 0 aliphatic rings. The van der Waals surface area contributed by atoms with Crippen LogP contribution in [0.15, 0.2) is 35.7 Å². The minimum absolute atomic E-state index is 0.205. The molecule has 0 saturated heterocycles. The lowest BCUT2D eigenvalue weighted by Gasteiger charge is -2.19. The molecule has 96 valence electrons. The van der Waals surface area contributed by atoms with Gasteiger partial charge in [-0.3, -0.25) is 0 Å². The Morgan fingerprint density at radius 2 is 1.78 bits per heavy atom. The summed E-state index contributed by atoms with van der Waals surface area (Å²) in [6.45, 7) is 7.46. The molecule has 0 aliphatic carbocycles. The van der Waals surface area contributed by atoms with E-state index < -0.39 is 0 Å². The summed E-state index contributed by atoms with van der Waals surface area (Å²) in [6, 6.07) is 10.6. The van der Waals surface area contributed by atoms with Crippen LogP contribution in [0, 0.1) is 0 Å². The molecule has 1 aromatic carbocycles. The molecule has 3 N–H and O–H groups in total. The fourth-order valence-electron chi connectivity index (χ4n) is 1.76. The van der Waals surface area contributed by atoms with Gasteiger partial charge in [-0.2, -0.15) is 0 Å². The van der Waals surface area contributed by atoms with E-state index in [9.17, 15) is 0 Å². The number of nitrogen functional groups attached to an aromatic ring is 1. The van der Waals surface area contributed by atoms with Crippen LogP contribution in [0.4, 0.5) is 11.4 Å². The third kappa shape index (κ3) is 3.05. The molecule has 3 heteroatoms. The van der Waals surface area contributed by atoms with Gasteiger partial charge in [0.15, 0.2) is 0 Å². The molecule has 18 heavy (non-hydrogen) atoms. The summed E-state index contributed by atoms with van der Waals surface area (Å²) >= 11 is 1.69. The Balaban J connectivity index is 2.01. The molecule has 0 aliphatic heterocycles. The average molecular weight is 260 g/mol. The highest BCUT2D eigenvalue weighted by Gasteiger charge is 2.12. The van der Waals surface area contributed by atoms with Crippen molar-refractivity contribution in [3.05, 3.63) is 46.2 Å². The van der Waals surface area contributed by atoms with Gasteiger partial charge in [-0.25, -0.2) is 0 Å². The van der Waals surface area contributed by atoms with Gasteiger partial charge in [0.25, 0.3) is 0 Å². The molecule has 1 heterocycles. The van der Waals surface area contributed by atoms with Gasteiger partial charge in [0.1, 0.15) is 0 Å². The highest BCUT2D eigenvalue weighted by molar-refractivity contribution is 7.10. The van der Waals surface area contributed by atoms with Gasteiger partial charge in [-0.1, -0.05) is 32.9 Å². The largest absolute Gasteiger partial charge is 0.398 e. The maximum absolute atomic E-state index is 5.86. The van der Waals surface area contributed by atoms with Crippen LogP contribution in [0.25, 0.3) is 0 Å². The first kappa shape index (κ1) is 13.0. The first-order valence-electron chi connectivity index (χ1n) is 6.13. The summed E-state index contributed by atoms with van der Waals surface area (Å²) in [5.41, 5.74) is 9.42. The van der Waals surface area contributed by atoms with Gasteiger partial charge in [-0.15, -0.1) is 11.3 Å². The van der Waals surface area contributed by atoms with E-state index in [-0.39, 0.29) is 5.41 Å². The maximum Gasteiger partial charge on any atom is 0.0514 e. The second-order valence-electron chi connectivity index (χ2n) is 5.48. The minimum Gasteiger partial charge on any atom is -0.398 e.